The SMILES string of the molecule is B(=Bc1ccccc1)c1ccccc1.CP(C)C.CP(C)C.[Pt]. The van der Waals surface area contributed by atoms with Crippen molar-refractivity contribution in [1.29, 1.82) is 0 Å². The fraction of sp³-hybridized carbons (Fsp3) is 0.333. The van der Waals surface area contributed by atoms with Gasteiger partial charge in [-0.1, -0.05) is 0 Å². The molecule has 2 aromatic rings. The van der Waals surface area contributed by atoms with Crippen molar-refractivity contribution < 1.29 is 21.1 Å². The Bertz CT molecular complexity index is 450. The average molecular weight is 523 g/mol. The third-order valence-corrected chi connectivity index (χ3v) is 2.07. The van der Waals surface area contributed by atoms with Crippen LogP contribution < -0.4 is 10.9 Å². The fourth-order valence-electron chi connectivity index (χ4n) is 1.32. The van der Waals surface area contributed by atoms with Crippen molar-refractivity contribution in [2.45, 2.75) is 0 Å². The summed E-state index contributed by atoms with van der Waals surface area (Å²) in [6.45, 7) is 17.6. The van der Waals surface area contributed by atoms with Gasteiger partial charge in [-0.2, -0.15) is 0 Å². The van der Waals surface area contributed by atoms with Crippen molar-refractivity contribution in [2.24, 2.45) is 0 Å². The Balaban J connectivity index is 0. The van der Waals surface area contributed by atoms with Crippen LogP contribution in [0, 0.1) is 0 Å². The molecule has 0 aromatic heterocycles. The smallest absolute Gasteiger partial charge is 0 e. The molecule has 126 valence electrons. The van der Waals surface area contributed by atoms with Gasteiger partial charge in [-0.25, -0.2) is 0 Å². The zero-order valence-electron chi connectivity index (χ0n) is 15.1. The topological polar surface area (TPSA) is 0 Å². The van der Waals surface area contributed by atoms with E-state index in [2.05, 4.69) is 77.9 Å². The summed E-state index contributed by atoms with van der Waals surface area (Å²) in [7, 11) is 0.759. The summed E-state index contributed by atoms with van der Waals surface area (Å²) in [4.78, 5) is 0. The van der Waals surface area contributed by atoms with Crippen molar-refractivity contribution >= 4 is 40.4 Å². The Morgan fingerprint density at radius 2 is 0.739 bits per heavy atom. The second-order valence-electron chi connectivity index (χ2n) is 5.84. The molecule has 2 aromatic carbocycles. The summed E-state index contributed by atoms with van der Waals surface area (Å²) in [5.74, 6) is 0. The van der Waals surface area contributed by atoms with E-state index >= 15 is 0 Å². The van der Waals surface area contributed by atoms with E-state index in [1.54, 1.807) is 0 Å². The third-order valence-electron chi connectivity index (χ3n) is 2.07. The normalized spacial score (nSPS) is 8.87. The van der Waals surface area contributed by atoms with Gasteiger partial charge in [0.05, 0.1) is 0 Å². The van der Waals surface area contributed by atoms with Crippen LogP contribution in [0.5, 0.6) is 0 Å². The molecule has 0 spiro atoms. The second-order valence-corrected chi connectivity index (χ2v) is 11.2. The molecule has 0 bridgehead atoms. The Morgan fingerprint density at radius 1 is 0.522 bits per heavy atom. The zero-order chi connectivity index (χ0) is 16.8. The van der Waals surface area contributed by atoms with Crippen molar-refractivity contribution in [3.63, 3.8) is 0 Å². The maximum absolute atomic E-state index is 2.23. The molecule has 5 heteroatoms. The van der Waals surface area contributed by atoms with E-state index in [0.29, 0.717) is 15.8 Å². The summed E-state index contributed by atoms with van der Waals surface area (Å²) < 4.78 is 0. The molecule has 2 rings (SSSR count). The summed E-state index contributed by atoms with van der Waals surface area (Å²) in [5.41, 5.74) is 2.47. The van der Waals surface area contributed by atoms with Gasteiger partial charge >= 0.3 is 85.2 Å². The van der Waals surface area contributed by atoms with E-state index in [4.69, 9.17) is 0 Å². The van der Waals surface area contributed by atoms with Crippen LogP contribution in [0.3, 0.4) is 0 Å². The van der Waals surface area contributed by atoms with Gasteiger partial charge in [0.2, 0.25) is 0 Å². The molecule has 0 saturated heterocycles. The Labute approximate surface area is 161 Å². The molecule has 0 radical (unpaired) electrons. The molecule has 23 heavy (non-hydrogen) atoms. The van der Waals surface area contributed by atoms with E-state index in [9.17, 15) is 0 Å². The van der Waals surface area contributed by atoms with Crippen LogP contribution in [-0.4, -0.2) is 53.6 Å². The van der Waals surface area contributed by atoms with E-state index in [1.165, 1.54) is 10.9 Å². The average Bonchev–Trinajstić information content (AvgIpc) is 2.46. The molecule has 0 heterocycles. The van der Waals surface area contributed by atoms with Crippen LogP contribution in [-0.2, 0) is 21.1 Å². The van der Waals surface area contributed by atoms with Crippen molar-refractivity contribution in [2.75, 3.05) is 40.0 Å². The fourth-order valence-corrected chi connectivity index (χ4v) is 1.32. The van der Waals surface area contributed by atoms with Crippen molar-refractivity contribution in [3.8, 4) is 0 Å². The maximum Gasteiger partial charge on any atom is 0 e. The molecule has 0 saturated carbocycles. The van der Waals surface area contributed by atoms with Gasteiger partial charge in [-0.05, 0) is 40.0 Å². The molecule has 0 fully saturated rings. The summed E-state index contributed by atoms with van der Waals surface area (Å²) in [6.07, 6.45) is 0. The van der Waals surface area contributed by atoms with Crippen molar-refractivity contribution in [3.05, 3.63) is 60.7 Å². The van der Waals surface area contributed by atoms with Crippen LogP contribution in [0.15, 0.2) is 60.7 Å². The molecular formula is C18H28B2P2Pt. The summed E-state index contributed by atoms with van der Waals surface area (Å²) in [6, 6.07) is 20.6. The van der Waals surface area contributed by atoms with E-state index in [1.807, 2.05) is 36.4 Å². The van der Waals surface area contributed by atoms with Crippen LogP contribution in [0.4, 0.5) is 0 Å². The van der Waals surface area contributed by atoms with E-state index < -0.39 is 0 Å². The first-order valence-electron chi connectivity index (χ1n) is 7.42. The van der Waals surface area contributed by atoms with E-state index in [-0.39, 0.29) is 21.1 Å². The van der Waals surface area contributed by atoms with Gasteiger partial charge in [0.25, 0.3) is 0 Å². The largest absolute Gasteiger partial charge is 0.116 e. The van der Waals surface area contributed by atoms with Crippen LogP contribution in [0.2, 0.25) is 0 Å². The molecule has 0 unspecified atom stereocenters. The number of rotatable bonds is 2. The van der Waals surface area contributed by atoms with Crippen LogP contribution in [0.1, 0.15) is 0 Å². The Morgan fingerprint density at radius 3 is 0.957 bits per heavy atom. The standard InChI is InChI=1S/C12H10B2.2C3H9P.Pt/c1-3-7-11(8-4-1)13-14-12-9-5-2-6-10-12;2*1-4(2)3;/h1-10H;2*1-3H3;. The monoisotopic (exact) mass is 523 g/mol. The maximum atomic E-state index is 2.23. The first kappa shape index (κ1) is 25.4. The molecule has 0 nitrogen and oxygen atoms in total. The Hall–Kier alpha value is 0.118. The first-order chi connectivity index (χ1) is 10.4. The van der Waals surface area contributed by atoms with Gasteiger partial charge in [0, 0.05) is 21.1 Å². The molecule has 0 aliphatic carbocycles. The van der Waals surface area contributed by atoms with Gasteiger partial charge in [0.15, 0.2) is 0 Å². The molecule has 0 atom stereocenters. The number of hydrogen-bond acceptors (Lipinski definition) is 0. The van der Waals surface area contributed by atoms with Crippen LogP contribution in [0.25, 0.3) is 0 Å². The minimum atomic E-state index is 0. The third kappa shape index (κ3) is 20.1. The predicted molar refractivity (Wildman–Crippen MR) is 113 cm³/mol. The van der Waals surface area contributed by atoms with E-state index in [0.717, 1.165) is 0 Å². The molecule has 0 N–H and O–H groups in total. The molecule has 0 aliphatic heterocycles. The molecule has 0 amide bonds. The van der Waals surface area contributed by atoms with Gasteiger partial charge in [-0.3, -0.25) is 0 Å². The molecular weight excluding hydrogens is 495 g/mol. The quantitative estimate of drug-likeness (QED) is 0.417. The van der Waals surface area contributed by atoms with Gasteiger partial charge in [-0.15, -0.1) is 15.8 Å². The van der Waals surface area contributed by atoms with Gasteiger partial charge in [0.1, 0.15) is 0 Å². The summed E-state index contributed by atoms with van der Waals surface area (Å²) >= 11 is 0. The number of benzene rings is 2. The first-order valence-corrected chi connectivity index (χ1v) is 12.8. The van der Waals surface area contributed by atoms with Crippen molar-refractivity contribution in [1.82, 2.24) is 0 Å². The second kappa shape index (κ2) is 17.0. The predicted octanol–water partition coefficient (Wildman–Crippen LogP) is 3.67. The minimum Gasteiger partial charge on any atom is -0.116 e. The zero-order valence-corrected chi connectivity index (χ0v) is 19.2. The van der Waals surface area contributed by atoms with Gasteiger partial charge < -0.3 is 0 Å². The minimum absolute atomic E-state index is 0. The van der Waals surface area contributed by atoms with Crippen LogP contribution >= 0.6 is 15.8 Å². The summed E-state index contributed by atoms with van der Waals surface area (Å²) in [5, 5.41) is 0. The molecule has 0 aliphatic rings. The Kier molecular flexibility index (Phi) is 18.7. The number of hydrogen-bond donors (Lipinski definition) is 0.